The summed E-state index contributed by atoms with van der Waals surface area (Å²) in [5.41, 5.74) is 1.10. The summed E-state index contributed by atoms with van der Waals surface area (Å²) in [7, 11) is 0. The number of hydrogen-bond donors (Lipinski definition) is 0. The molecule has 2 bridgehead atoms. The Kier molecular flexibility index (Phi) is 4.39. The van der Waals surface area contributed by atoms with Crippen molar-refractivity contribution in [2.24, 2.45) is 11.3 Å². The van der Waals surface area contributed by atoms with Crippen molar-refractivity contribution in [1.82, 2.24) is 14.8 Å². The molecule has 0 amide bonds. The van der Waals surface area contributed by atoms with Crippen LogP contribution in [0.25, 0.3) is 16.6 Å². The predicted octanol–water partition coefficient (Wildman–Crippen LogP) is 5.53. The number of carbonyl (C=O) groups excluding carboxylic acids is 1. The molecule has 2 aromatic heterocycles. The van der Waals surface area contributed by atoms with Gasteiger partial charge in [-0.2, -0.15) is 18.3 Å². The highest BCUT2D eigenvalue weighted by Crippen LogP contribution is 2.97. The molecule has 37 heavy (non-hydrogen) atoms. The van der Waals surface area contributed by atoms with E-state index in [1.807, 2.05) is 0 Å². The van der Waals surface area contributed by atoms with E-state index < -0.39 is 23.0 Å². The largest absolute Gasteiger partial charge is 0.473 e. The molecule has 0 aliphatic heterocycles. The summed E-state index contributed by atoms with van der Waals surface area (Å²) in [6, 6.07) is 9.55. The van der Waals surface area contributed by atoms with Crippen molar-refractivity contribution in [2.75, 3.05) is 6.61 Å². The maximum Gasteiger partial charge on any atom is 0.418 e. The van der Waals surface area contributed by atoms with Crippen LogP contribution in [-0.2, 0) is 22.3 Å². The molecule has 4 atom stereocenters. The molecule has 0 saturated heterocycles. The molecule has 0 N–H and O–H groups in total. The van der Waals surface area contributed by atoms with Crippen LogP contribution in [0.15, 0.2) is 54.9 Å². The average Bonchev–Trinajstić information content (AvgIpc) is 3.55. The lowest BCUT2D eigenvalue weighted by Gasteiger charge is -2.14. The van der Waals surface area contributed by atoms with Gasteiger partial charge in [-0.15, -0.1) is 0 Å². The number of nitrogens with zero attached hydrogens (tertiary/aromatic N) is 3. The van der Waals surface area contributed by atoms with Crippen molar-refractivity contribution in [3.8, 4) is 11.6 Å². The first-order valence-corrected chi connectivity index (χ1v) is 11.9. The van der Waals surface area contributed by atoms with Crippen molar-refractivity contribution in [3.63, 3.8) is 0 Å². The van der Waals surface area contributed by atoms with E-state index in [4.69, 9.17) is 9.47 Å². The Morgan fingerprint density at radius 2 is 1.89 bits per heavy atom. The fraction of sp³-hybridized carbons (Fsp3) is 0.296. The Hall–Kier alpha value is -3.95. The second kappa shape index (κ2) is 7.30. The molecule has 6 nitrogen and oxygen atoms in total. The van der Waals surface area contributed by atoms with Gasteiger partial charge in [-0.25, -0.2) is 14.1 Å². The number of aromatic nitrogens is 3. The van der Waals surface area contributed by atoms with E-state index in [-0.39, 0.29) is 41.6 Å². The van der Waals surface area contributed by atoms with E-state index in [0.717, 1.165) is 21.9 Å². The number of ether oxygens (including phenoxy) is 2. The fourth-order valence-electron chi connectivity index (χ4n) is 6.20. The minimum absolute atomic E-state index is 0.119. The molecule has 2 heterocycles. The summed E-state index contributed by atoms with van der Waals surface area (Å²) in [6.07, 6.45) is -1.54. The second-order valence-electron chi connectivity index (χ2n) is 9.65. The molecular formula is C27H19F4N3O3. The summed E-state index contributed by atoms with van der Waals surface area (Å²) < 4.78 is 67.8. The number of alkyl halides is 3. The summed E-state index contributed by atoms with van der Waals surface area (Å²) in [4.78, 5) is 16.8. The van der Waals surface area contributed by atoms with Gasteiger partial charge in [0.2, 0.25) is 5.88 Å². The number of fused-ring (bicyclic) bond motifs is 1. The van der Waals surface area contributed by atoms with E-state index in [9.17, 15) is 22.4 Å². The maximum atomic E-state index is 14.8. The van der Waals surface area contributed by atoms with Gasteiger partial charge in [0.25, 0.3) is 0 Å². The molecule has 8 rings (SSSR count). The molecule has 1 unspecified atom stereocenters. The normalized spacial score (nSPS) is 24.5. The molecule has 2 saturated carbocycles. The molecule has 10 heteroatoms. The van der Waals surface area contributed by atoms with Crippen molar-refractivity contribution < 1.29 is 31.8 Å². The molecule has 0 radical (unpaired) electrons. The fourth-order valence-corrected chi connectivity index (χ4v) is 6.20. The van der Waals surface area contributed by atoms with E-state index in [1.54, 1.807) is 19.2 Å². The first-order valence-electron chi connectivity index (χ1n) is 11.9. The standard InChI is InChI=1S/C27H19F4N3O3/c1-2-36-25(35)26-22-15-9-21(32-11-16(15)23(26)24(22)26)37-12-14-8-20-13(7-18(14)28)10-33-34(20)19-6-4-3-5-17(19)27(29,30)31/h3-11,22-24H,2,12H2,1H3/t22?,23-,24+,26+/m0/s1. The molecule has 188 valence electrons. The van der Waals surface area contributed by atoms with Crippen LogP contribution in [0.5, 0.6) is 5.88 Å². The van der Waals surface area contributed by atoms with Gasteiger partial charge >= 0.3 is 12.1 Å². The number of rotatable bonds is 6. The van der Waals surface area contributed by atoms with E-state index in [0.29, 0.717) is 23.4 Å². The zero-order chi connectivity index (χ0) is 25.7. The quantitative estimate of drug-likeness (QED) is 0.253. The van der Waals surface area contributed by atoms with Crippen molar-refractivity contribution in [3.05, 3.63) is 82.9 Å². The van der Waals surface area contributed by atoms with Gasteiger partial charge in [0.1, 0.15) is 12.4 Å². The van der Waals surface area contributed by atoms with Crippen LogP contribution in [0.4, 0.5) is 17.6 Å². The number of carbonyl (C=O) groups is 1. The molecule has 4 aromatic rings. The molecule has 4 aliphatic carbocycles. The summed E-state index contributed by atoms with van der Waals surface area (Å²) in [5, 5.41) is 4.45. The van der Waals surface area contributed by atoms with E-state index in [2.05, 4.69) is 10.1 Å². The highest BCUT2D eigenvalue weighted by molar-refractivity contribution is 5.95. The van der Waals surface area contributed by atoms with Crippen LogP contribution in [-0.4, -0.2) is 27.3 Å². The van der Waals surface area contributed by atoms with E-state index >= 15 is 0 Å². The minimum Gasteiger partial charge on any atom is -0.473 e. The first-order chi connectivity index (χ1) is 17.8. The number of para-hydroxylation sites is 1. The van der Waals surface area contributed by atoms with Crippen LogP contribution < -0.4 is 4.74 Å². The van der Waals surface area contributed by atoms with Crippen LogP contribution in [0.1, 0.15) is 41.0 Å². The van der Waals surface area contributed by atoms with Gasteiger partial charge < -0.3 is 9.47 Å². The lowest BCUT2D eigenvalue weighted by atomic mass is 10.0. The lowest BCUT2D eigenvalue weighted by molar-refractivity contribution is -0.147. The zero-order valence-electron chi connectivity index (χ0n) is 19.4. The Morgan fingerprint density at radius 1 is 1.11 bits per heavy atom. The number of esters is 1. The lowest BCUT2D eigenvalue weighted by Crippen LogP contribution is -2.15. The summed E-state index contributed by atoms with van der Waals surface area (Å²) in [6.45, 7) is 1.95. The topological polar surface area (TPSA) is 66.2 Å². The second-order valence-corrected chi connectivity index (χ2v) is 9.65. The third-order valence-corrected chi connectivity index (χ3v) is 7.87. The summed E-state index contributed by atoms with van der Waals surface area (Å²) in [5.74, 6) is 0.123. The predicted molar refractivity (Wildman–Crippen MR) is 123 cm³/mol. The summed E-state index contributed by atoms with van der Waals surface area (Å²) >= 11 is 0. The zero-order valence-corrected chi connectivity index (χ0v) is 19.4. The van der Waals surface area contributed by atoms with Gasteiger partial charge in [-0.05, 0) is 48.2 Å². The Morgan fingerprint density at radius 3 is 2.68 bits per heavy atom. The molecule has 0 spiro atoms. The molecule has 2 aromatic carbocycles. The third kappa shape index (κ3) is 2.95. The SMILES string of the molecule is CCOC(=O)[C@]12C3c4cc(OCc5cc6c(cnn6-c6ccccc6C(F)(F)F)cc5F)ncc4[C@H]1[C@@H]32. The monoisotopic (exact) mass is 509 g/mol. The highest BCUT2D eigenvalue weighted by Gasteiger charge is 2.95. The van der Waals surface area contributed by atoms with Gasteiger partial charge in [-0.3, -0.25) is 4.79 Å². The number of halogens is 4. The van der Waals surface area contributed by atoms with Gasteiger partial charge in [0, 0.05) is 35.0 Å². The van der Waals surface area contributed by atoms with Crippen molar-refractivity contribution in [1.29, 1.82) is 0 Å². The number of pyridine rings is 1. The smallest absolute Gasteiger partial charge is 0.418 e. The molecule has 4 aliphatic rings. The Labute approximate surface area is 207 Å². The number of hydrogen-bond acceptors (Lipinski definition) is 5. The van der Waals surface area contributed by atoms with Crippen molar-refractivity contribution >= 4 is 16.9 Å². The van der Waals surface area contributed by atoms with Crippen LogP contribution in [0, 0.1) is 17.2 Å². The van der Waals surface area contributed by atoms with Crippen LogP contribution in [0.2, 0.25) is 0 Å². The highest BCUT2D eigenvalue weighted by atomic mass is 19.4. The van der Waals surface area contributed by atoms with Crippen LogP contribution in [0.3, 0.4) is 0 Å². The number of benzene rings is 2. The van der Waals surface area contributed by atoms with E-state index in [1.165, 1.54) is 36.5 Å². The van der Waals surface area contributed by atoms with Gasteiger partial charge in [-0.1, -0.05) is 12.1 Å². The molecule has 2 fully saturated rings. The first kappa shape index (κ1) is 22.3. The van der Waals surface area contributed by atoms with Gasteiger partial charge in [0.05, 0.1) is 35.0 Å². The Bertz CT molecular complexity index is 1610. The third-order valence-electron chi connectivity index (χ3n) is 7.87. The maximum absolute atomic E-state index is 14.8. The average molecular weight is 509 g/mol. The van der Waals surface area contributed by atoms with Crippen molar-refractivity contribution in [2.45, 2.75) is 31.5 Å². The minimum atomic E-state index is -4.58. The van der Waals surface area contributed by atoms with Gasteiger partial charge in [0.15, 0.2) is 0 Å². The molecular weight excluding hydrogens is 490 g/mol. The van der Waals surface area contributed by atoms with Crippen LogP contribution >= 0.6 is 0 Å². The Balaban J connectivity index is 1.16.